The fourth-order valence-electron chi connectivity index (χ4n) is 6.14. The highest BCUT2D eigenvalue weighted by Crippen LogP contribution is 2.60. The molecule has 3 saturated heterocycles. The van der Waals surface area contributed by atoms with Gasteiger partial charge in [-0.25, -0.2) is 0 Å². The largest absolute Gasteiger partial charge is 0.460 e. The van der Waals surface area contributed by atoms with Gasteiger partial charge in [-0.15, -0.1) is 13.2 Å². The van der Waals surface area contributed by atoms with Gasteiger partial charge in [-0.1, -0.05) is 39.7 Å². The van der Waals surface area contributed by atoms with Crippen LogP contribution in [-0.2, 0) is 28.7 Å². The fraction of sp³-hybridized carbons (Fsp3) is 0.517. The van der Waals surface area contributed by atoms with E-state index in [0.29, 0.717) is 23.6 Å². The highest BCUT2D eigenvalue weighted by Gasteiger charge is 2.77. The highest BCUT2D eigenvalue weighted by molar-refractivity contribution is 9.09. The third-order valence-electron chi connectivity index (χ3n) is 7.83. The summed E-state index contributed by atoms with van der Waals surface area (Å²) in [7, 11) is 0. The van der Waals surface area contributed by atoms with Crippen molar-refractivity contribution in [3.63, 3.8) is 0 Å². The Morgan fingerprint density at radius 3 is 2.66 bits per heavy atom. The number of ether oxygens (including phenoxy) is 2. The third kappa shape index (κ3) is 5.95. The van der Waals surface area contributed by atoms with Crippen LogP contribution in [0.15, 0.2) is 49.6 Å². The zero-order valence-corrected chi connectivity index (χ0v) is 25.2. The Labute approximate surface area is 252 Å². The van der Waals surface area contributed by atoms with Crippen molar-refractivity contribution in [1.29, 1.82) is 0 Å². The van der Waals surface area contributed by atoms with E-state index in [1.807, 2.05) is 0 Å². The minimum absolute atomic E-state index is 0.105. The number of nitrogens with zero attached hydrogens (tertiary/aromatic N) is 2. The van der Waals surface area contributed by atoms with Crippen LogP contribution >= 0.6 is 27.5 Å². The maximum atomic E-state index is 14.3. The molecule has 0 radical (unpaired) electrons. The van der Waals surface area contributed by atoms with Gasteiger partial charge in [-0.3, -0.25) is 19.2 Å². The molecule has 2 bridgehead atoms. The number of aliphatic hydroxyl groups is 1. The lowest BCUT2D eigenvalue weighted by molar-refractivity contribution is -0.159. The molecule has 1 unspecified atom stereocenters. The van der Waals surface area contributed by atoms with Crippen LogP contribution in [0.25, 0.3) is 0 Å². The third-order valence-corrected chi connectivity index (χ3v) is 8.93. The molecule has 3 aliphatic heterocycles. The summed E-state index contributed by atoms with van der Waals surface area (Å²) in [6, 6.07) is 5.63. The van der Waals surface area contributed by atoms with Gasteiger partial charge < -0.3 is 29.7 Å². The summed E-state index contributed by atoms with van der Waals surface area (Å²) in [5.74, 6) is -3.62. The summed E-state index contributed by atoms with van der Waals surface area (Å²) in [6.45, 7) is 8.81. The van der Waals surface area contributed by atoms with Crippen LogP contribution in [-0.4, -0.2) is 88.6 Å². The van der Waals surface area contributed by atoms with Gasteiger partial charge in [0.25, 0.3) is 5.91 Å². The van der Waals surface area contributed by atoms with E-state index in [4.69, 9.17) is 21.1 Å². The van der Waals surface area contributed by atoms with Crippen molar-refractivity contribution in [2.45, 2.75) is 54.9 Å². The minimum atomic E-state index is -1.31. The first-order valence-electron chi connectivity index (χ1n) is 13.6. The molecule has 41 heavy (non-hydrogen) atoms. The lowest BCUT2D eigenvalue weighted by Crippen LogP contribution is -2.57. The number of fused-ring (bicyclic) bond motifs is 1. The number of benzene rings is 1. The molecule has 1 aromatic carbocycles. The summed E-state index contributed by atoms with van der Waals surface area (Å²) in [5.41, 5.74) is -0.752. The molecular weight excluding hydrogens is 618 g/mol. The normalized spacial score (nSPS) is 28.6. The van der Waals surface area contributed by atoms with E-state index in [1.54, 1.807) is 43.3 Å². The smallest absolute Gasteiger partial charge is 0.312 e. The molecule has 0 aromatic heterocycles. The SMILES string of the molecule is C=CCCC(=O)NC[C@@H](C)OC(=O)[C@H]1[C@@H]2O[C@@]3(CC2Br)[C@@H]1C(=O)N(CCO)[C@@H]3C(=O)N(CC=C)c1ccc(Cl)cc1. The number of hydrogen-bond acceptors (Lipinski definition) is 7. The fourth-order valence-corrected chi connectivity index (χ4v) is 7.21. The van der Waals surface area contributed by atoms with Crippen LogP contribution in [0.2, 0.25) is 5.02 Å². The van der Waals surface area contributed by atoms with Crippen molar-refractivity contribution in [2.75, 3.05) is 31.1 Å². The molecule has 0 aliphatic carbocycles. The number of carbonyl (C=O) groups excluding carboxylic acids is 4. The average Bonchev–Trinajstić information content (AvgIpc) is 3.53. The molecule has 3 fully saturated rings. The van der Waals surface area contributed by atoms with Crippen molar-refractivity contribution in [3.05, 3.63) is 54.6 Å². The van der Waals surface area contributed by atoms with E-state index in [-0.39, 0.29) is 43.4 Å². The van der Waals surface area contributed by atoms with Gasteiger partial charge in [0.2, 0.25) is 11.8 Å². The number of hydrogen-bond donors (Lipinski definition) is 2. The van der Waals surface area contributed by atoms with Crippen molar-refractivity contribution >= 4 is 56.9 Å². The first-order chi connectivity index (χ1) is 19.6. The predicted octanol–water partition coefficient (Wildman–Crippen LogP) is 2.61. The van der Waals surface area contributed by atoms with Crippen molar-refractivity contribution in [3.8, 4) is 0 Å². The molecular formula is C29H35BrClN3O7. The van der Waals surface area contributed by atoms with Crippen LogP contribution in [0.4, 0.5) is 5.69 Å². The lowest BCUT2D eigenvalue weighted by atomic mass is 9.70. The Morgan fingerprint density at radius 1 is 1.32 bits per heavy atom. The second-order valence-corrected chi connectivity index (χ2v) is 12.1. The number of anilines is 1. The molecule has 3 heterocycles. The molecule has 4 rings (SSSR count). The summed E-state index contributed by atoms with van der Waals surface area (Å²) in [5, 5.41) is 13.1. The molecule has 10 nitrogen and oxygen atoms in total. The van der Waals surface area contributed by atoms with E-state index in [9.17, 15) is 24.3 Å². The Kier molecular flexibility index (Phi) is 9.94. The first-order valence-corrected chi connectivity index (χ1v) is 14.9. The maximum Gasteiger partial charge on any atom is 0.312 e. The molecule has 222 valence electrons. The van der Waals surface area contributed by atoms with Crippen molar-refractivity contribution in [1.82, 2.24) is 10.2 Å². The topological polar surface area (TPSA) is 125 Å². The highest BCUT2D eigenvalue weighted by atomic mass is 79.9. The zero-order valence-electron chi connectivity index (χ0n) is 22.8. The van der Waals surface area contributed by atoms with E-state index in [0.717, 1.165) is 0 Å². The van der Waals surface area contributed by atoms with Gasteiger partial charge >= 0.3 is 5.97 Å². The number of halogens is 2. The number of aliphatic hydroxyl groups excluding tert-OH is 1. The van der Waals surface area contributed by atoms with E-state index >= 15 is 0 Å². The second-order valence-electron chi connectivity index (χ2n) is 10.5. The molecule has 1 aromatic rings. The standard InChI is InChI=1S/C29H35BrClN3O7/c1-4-6-7-21(36)32-16-17(3)40-28(39)22-23-26(37)34(13-14-35)25(29(23)15-20(30)24(22)41-29)27(38)33(12-5-2)19-10-8-18(31)9-11-19/h4-5,8-11,17,20,22-25,35H,1-2,6-7,12-16H2,3H3,(H,32,36)/t17-,20?,22-,23+,24-,25-,29+/m1/s1. The molecule has 3 aliphatic rings. The number of rotatable bonds is 13. The average molecular weight is 653 g/mol. The second kappa shape index (κ2) is 13.1. The van der Waals surface area contributed by atoms with Gasteiger partial charge in [-0.2, -0.15) is 0 Å². The number of likely N-dealkylation sites (tertiary alicyclic amines) is 1. The van der Waals surface area contributed by atoms with E-state index in [1.165, 1.54) is 9.80 Å². The minimum Gasteiger partial charge on any atom is -0.460 e. The molecule has 1 spiro atoms. The number of allylic oxidation sites excluding steroid dienone is 1. The number of esters is 1. The van der Waals surface area contributed by atoms with Gasteiger partial charge in [0.15, 0.2) is 0 Å². The monoisotopic (exact) mass is 651 g/mol. The van der Waals surface area contributed by atoms with E-state index < -0.39 is 53.5 Å². The summed E-state index contributed by atoms with van der Waals surface area (Å²) in [6.07, 6.45) is 3.00. The number of amides is 3. The zero-order chi connectivity index (χ0) is 29.9. The Balaban J connectivity index is 1.61. The summed E-state index contributed by atoms with van der Waals surface area (Å²) in [4.78, 5) is 56.2. The molecule has 12 heteroatoms. The summed E-state index contributed by atoms with van der Waals surface area (Å²) < 4.78 is 12.1. The molecule has 2 N–H and O–H groups in total. The van der Waals surface area contributed by atoms with Crippen molar-refractivity contribution < 1.29 is 33.8 Å². The molecule has 7 atom stereocenters. The quantitative estimate of drug-likeness (QED) is 0.191. The Morgan fingerprint density at radius 2 is 2.02 bits per heavy atom. The van der Waals surface area contributed by atoms with Gasteiger partial charge in [-0.05, 0) is 44.0 Å². The van der Waals surface area contributed by atoms with Gasteiger partial charge in [0, 0.05) is 35.0 Å². The van der Waals surface area contributed by atoms with Crippen LogP contribution in [0, 0.1) is 11.8 Å². The van der Waals surface area contributed by atoms with Crippen LogP contribution in [0.5, 0.6) is 0 Å². The number of nitrogens with one attached hydrogen (secondary N) is 1. The Hall–Kier alpha value is -2.73. The number of carbonyl (C=O) groups is 4. The van der Waals surface area contributed by atoms with Crippen LogP contribution in [0.1, 0.15) is 26.2 Å². The Bertz CT molecular complexity index is 1200. The predicted molar refractivity (Wildman–Crippen MR) is 156 cm³/mol. The van der Waals surface area contributed by atoms with Crippen molar-refractivity contribution in [2.24, 2.45) is 11.8 Å². The molecule has 0 saturated carbocycles. The molecule has 3 amide bonds. The van der Waals surface area contributed by atoms with Gasteiger partial charge in [0.05, 0.1) is 31.1 Å². The van der Waals surface area contributed by atoms with E-state index in [2.05, 4.69) is 34.4 Å². The number of β-amino-alcohol motifs (C(OH)–C–C–N with tert-alkyl or cyclic N) is 1. The van der Waals surface area contributed by atoms with Gasteiger partial charge in [0.1, 0.15) is 17.7 Å². The first kappa shape index (κ1) is 31.2. The summed E-state index contributed by atoms with van der Waals surface area (Å²) >= 11 is 9.68. The van der Waals surface area contributed by atoms with Crippen LogP contribution < -0.4 is 10.2 Å². The number of alkyl halides is 1. The maximum absolute atomic E-state index is 14.3. The van der Waals surface area contributed by atoms with Crippen LogP contribution in [0.3, 0.4) is 0 Å². The lowest BCUT2D eigenvalue weighted by Gasteiger charge is -2.37.